The highest BCUT2D eigenvalue weighted by molar-refractivity contribution is 6.32. The van der Waals surface area contributed by atoms with Gasteiger partial charge in [-0.3, -0.25) is 14.2 Å². The third-order valence-corrected chi connectivity index (χ3v) is 6.20. The highest BCUT2D eigenvalue weighted by Gasteiger charge is 2.62. The number of allylic oxidation sites excluding steroid dienone is 1. The van der Waals surface area contributed by atoms with Gasteiger partial charge in [0.2, 0.25) is 0 Å². The third-order valence-electron chi connectivity index (χ3n) is 5.85. The number of aliphatic carboxylic acids is 1. The van der Waals surface area contributed by atoms with Crippen LogP contribution >= 0.6 is 11.6 Å². The van der Waals surface area contributed by atoms with Crippen molar-refractivity contribution in [2.45, 2.75) is 31.7 Å². The van der Waals surface area contributed by atoms with E-state index in [2.05, 4.69) is 0 Å². The molecule has 6 heteroatoms. The predicted molar refractivity (Wildman–Crippen MR) is 104 cm³/mol. The van der Waals surface area contributed by atoms with Crippen molar-refractivity contribution in [3.05, 3.63) is 68.4 Å². The molecular weight excluding hydrogens is 364 g/mol. The van der Waals surface area contributed by atoms with Gasteiger partial charge in [0.05, 0.1) is 11.7 Å². The molecule has 3 aliphatic rings. The molecule has 0 saturated heterocycles. The molecule has 0 amide bonds. The van der Waals surface area contributed by atoms with E-state index in [0.29, 0.717) is 29.3 Å². The van der Waals surface area contributed by atoms with Crippen LogP contribution in [-0.2, 0) is 11.2 Å². The van der Waals surface area contributed by atoms with E-state index in [-0.39, 0.29) is 11.6 Å². The quantitative estimate of drug-likeness (QED) is 0.859. The van der Waals surface area contributed by atoms with Crippen molar-refractivity contribution in [3.8, 4) is 0 Å². The van der Waals surface area contributed by atoms with Crippen LogP contribution in [0.2, 0.25) is 5.02 Å². The number of hydrogen-bond donors (Lipinski definition) is 1. The van der Waals surface area contributed by atoms with Gasteiger partial charge in [0.25, 0.3) is 5.56 Å². The zero-order chi connectivity index (χ0) is 18.8. The summed E-state index contributed by atoms with van der Waals surface area (Å²) in [4.78, 5) is 29.5. The summed E-state index contributed by atoms with van der Waals surface area (Å²) in [5.74, 6) is -0.330. The number of halogens is 1. The van der Waals surface area contributed by atoms with Gasteiger partial charge in [-0.15, -0.1) is 0 Å². The van der Waals surface area contributed by atoms with Crippen molar-refractivity contribution in [1.29, 1.82) is 0 Å². The van der Waals surface area contributed by atoms with E-state index in [0.717, 1.165) is 29.7 Å². The number of benzene rings is 1. The van der Waals surface area contributed by atoms with Crippen LogP contribution in [0.3, 0.4) is 0 Å². The van der Waals surface area contributed by atoms with E-state index in [1.807, 2.05) is 30.3 Å². The molecule has 0 bridgehead atoms. The van der Waals surface area contributed by atoms with Crippen molar-refractivity contribution >= 4 is 35.3 Å². The van der Waals surface area contributed by atoms with Crippen molar-refractivity contribution in [2.75, 3.05) is 0 Å². The van der Waals surface area contributed by atoms with Crippen molar-refractivity contribution in [2.24, 2.45) is 5.41 Å². The van der Waals surface area contributed by atoms with Crippen LogP contribution in [-0.4, -0.2) is 20.6 Å². The molecule has 1 N–H and O–H groups in total. The highest BCUT2D eigenvalue weighted by atomic mass is 35.5. The zero-order valence-electron chi connectivity index (χ0n) is 14.5. The van der Waals surface area contributed by atoms with Gasteiger partial charge in [-0.25, -0.2) is 4.98 Å². The molecule has 0 spiro atoms. The van der Waals surface area contributed by atoms with E-state index in [1.165, 1.54) is 0 Å². The van der Waals surface area contributed by atoms with E-state index in [1.54, 1.807) is 16.7 Å². The first-order chi connectivity index (χ1) is 13.0. The fourth-order valence-corrected chi connectivity index (χ4v) is 4.47. The Hall–Kier alpha value is -2.66. The minimum atomic E-state index is -0.933. The Morgan fingerprint density at radius 2 is 2.15 bits per heavy atom. The molecule has 1 aromatic heterocycles. The highest BCUT2D eigenvalue weighted by Crippen LogP contribution is 2.59. The first kappa shape index (κ1) is 16.5. The second-order valence-corrected chi connectivity index (χ2v) is 7.82. The summed E-state index contributed by atoms with van der Waals surface area (Å²) in [6, 6.07) is 7.28. The zero-order valence-corrected chi connectivity index (χ0v) is 15.2. The molecule has 1 aromatic carbocycles. The van der Waals surface area contributed by atoms with Gasteiger partial charge in [0, 0.05) is 10.6 Å². The predicted octanol–water partition coefficient (Wildman–Crippen LogP) is 3.82. The first-order valence-electron chi connectivity index (χ1n) is 9.05. The molecule has 27 heavy (non-hydrogen) atoms. The number of fused-ring (bicyclic) bond motifs is 4. The number of aromatic nitrogens is 2. The lowest BCUT2D eigenvalue weighted by Gasteiger charge is -2.23. The lowest BCUT2D eigenvalue weighted by Crippen LogP contribution is -2.33. The van der Waals surface area contributed by atoms with Gasteiger partial charge >= 0.3 is 5.97 Å². The summed E-state index contributed by atoms with van der Waals surface area (Å²) in [6.07, 6.45) is 8.20. The second-order valence-electron chi connectivity index (χ2n) is 7.42. The van der Waals surface area contributed by atoms with E-state index in [4.69, 9.17) is 16.6 Å². The minimum absolute atomic E-state index is 0.0998. The summed E-state index contributed by atoms with van der Waals surface area (Å²) < 4.78 is 1.59. The van der Waals surface area contributed by atoms with Gasteiger partial charge in [-0.2, -0.15) is 0 Å². The molecule has 136 valence electrons. The molecule has 1 saturated carbocycles. The van der Waals surface area contributed by atoms with Gasteiger partial charge in [0.15, 0.2) is 0 Å². The molecule has 5 rings (SSSR count). The number of rotatable bonds is 2. The molecule has 2 aliphatic carbocycles. The molecule has 2 heterocycles. The van der Waals surface area contributed by atoms with Crippen LogP contribution in [0.4, 0.5) is 0 Å². The standard InChI is InChI=1S/C21H17ClN2O3/c22-15-7-2-1-4-12(15)10-13-5-3-6-14-18(13)23-17-8-9-21(20(26)27)11-16(21)24(17)19(14)25/h1-2,4,7-10,16H,3,5-6,11H2,(H,26,27)/b13-10-. The maximum absolute atomic E-state index is 13.2. The Labute approximate surface area is 160 Å². The van der Waals surface area contributed by atoms with E-state index in [9.17, 15) is 14.7 Å². The minimum Gasteiger partial charge on any atom is -0.481 e. The first-order valence-corrected chi connectivity index (χ1v) is 9.42. The molecule has 2 aromatic rings. The van der Waals surface area contributed by atoms with Crippen molar-refractivity contribution in [3.63, 3.8) is 0 Å². The van der Waals surface area contributed by atoms with Gasteiger partial charge in [-0.05, 0) is 55.0 Å². The Morgan fingerprint density at radius 1 is 1.33 bits per heavy atom. The maximum atomic E-state index is 13.2. The summed E-state index contributed by atoms with van der Waals surface area (Å²) in [6.45, 7) is 0. The second kappa shape index (κ2) is 5.67. The fraction of sp³-hybridized carbons (Fsp3) is 0.286. The van der Waals surface area contributed by atoms with Crippen LogP contribution in [0.1, 0.15) is 47.9 Å². The lowest BCUT2D eigenvalue weighted by molar-refractivity contribution is -0.141. The number of carboxylic acid groups (broad SMARTS) is 1. The number of carbonyl (C=O) groups is 1. The van der Waals surface area contributed by atoms with Crippen molar-refractivity contribution < 1.29 is 9.90 Å². The summed E-state index contributed by atoms with van der Waals surface area (Å²) in [5.41, 5.74) is 2.29. The van der Waals surface area contributed by atoms with Crippen LogP contribution in [0.15, 0.2) is 35.1 Å². The van der Waals surface area contributed by atoms with Crippen LogP contribution in [0, 0.1) is 5.41 Å². The Morgan fingerprint density at radius 3 is 2.93 bits per heavy atom. The SMILES string of the molecule is O=C(O)C12C=Cc3nc4c(c(=O)n3C1C2)CCC/C4=C/c1ccccc1Cl. The fourth-order valence-electron chi connectivity index (χ4n) is 4.28. The monoisotopic (exact) mass is 380 g/mol. The molecule has 1 fully saturated rings. The summed E-state index contributed by atoms with van der Waals surface area (Å²) in [7, 11) is 0. The van der Waals surface area contributed by atoms with E-state index < -0.39 is 11.4 Å². The summed E-state index contributed by atoms with van der Waals surface area (Å²) >= 11 is 6.29. The van der Waals surface area contributed by atoms with Crippen LogP contribution in [0.25, 0.3) is 17.7 Å². The number of nitrogens with zero attached hydrogens (tertiary/aromatic N) is 2. The molecule has 5 nitrogen and oxygen atoms in total. The van der Waals surface area contributed by atoms with Gasteiger partial charge in [0.1, 0.15) is 11.2 Å². The number of carboxylic acids is 1. The largest absolute Gasteiger partial charge is 0.481 e. The smallest absolute Gasteiger partial charge is 0.315 e. The average Bonchev–Trinajstić information content (AvgIpc) is 3.40. The van der Waals surface area contributed by atoms with Gasteiger partial charge in [-0.1, -0.05) is 35.9 Å². The van der Waals surface area contributed by atoms with Crippen molar-refractivity contribution in [1.82, 2.24) is 9.55 Å². The molecule has 1 aliphatic heterocycles. The lowest BCUT2D eigenvalue weighted by atomic mass is 9.90. The topological polar surface area (TPSA) is 72.2 Å². The van der Waals surface area contributed by atoms with E-state index >= 15 is 0 Å². The Balaban J connectivity index is 1.66. The Kier molecular flexibility index (Phi) is 3.46. The third kappa shape index (κ3) is 2.34. The molecule has 2 unspecified atom stereocenters. The Bertz CT molecular complexity index is 1110. The summed E-state index contributed by atoms with van der Waals surface area (Å²) in [5, 5.41) is 10.2. The molecule has 0 radical (unpaired) electrons. The van der Waals surface area contributed by atoms with Crippen LogP contribution in [0.5, 0.6) is 0 Å². The number of hydrogen-bond acceptors (Lipinski definition) is 3. The molecule has 2 atom stereocenters. The average molecular weight is 381 g/mol. The van der Waals surface area contributed by atoms with Crippen LogP contribution < -0.4 is 5.56 Å². The van der Waals surface area contributed by atoms with Gasteiger partial charge < -0.3 is 5.11 Å². The maximum Gasteiger partial charge on any atom is 0.315 e. The molecular formula is C21H17ClN2O3. The normalized spacial score (nSPS) is 26.3.